The minimum atomic E-state index is 0. The van der Waals surface area contributed by atoms with Crippen molar-refractivity contribution in [2.24, 2.45) is 11.7 Å². The molecule has 0 aliphatic heterocycles. The van der Waals surface area contributed by atoms with Crippen molar-refractivity contribution >= 4 is 12.4 Å². The molecule has 1 nitrogen and oxygen atoms in total. The van der Waals surface area contributed by atoms with Gasteiger partial charge < -0.3 is 5.73 Å². The molecule has 112 valence electrons. The second-order valence-electron chi connectivity index (χ2n) is 5.91. The quantitative estimate of drug-likeness (QED) is 0.812. The zero-order valence-corrected chi connectivity index (χ0v) is 13.2. The van der Waals surface area contributed by atoms with E-state index in [-0.39, 0.29) is 18.4 Å². The lowest BCUT2D eigenvalue weighted by atomic mass is 9.81. The fraction of sp³-hybridized carbons (Fsp3) is 0.368. The van der Waals surface area contributed by atoms with Crippen LogP contribution in [0, 0.1) is 5.92 Å². The van der Waals surface area contributed by atoms with Crippen LogP contribution in [-0.4, -0.2) is 0 Å². The van der Waals surface area contributed by atoms with Crippen molar-refractivity contribution in [2.45, 2.75) is 38.1 Å². The van der Waals surface area contributed by atoms with Gasteiger partial charge in [0, 0.05) is 6.04 Å². The molecule has 1 aliphatic carbocycles. The molecular formula is C19H24ClN. The molecule has 2 heteroatoms. The molecule has 2 aromatic carbocycles. The molecule has 3 rings (SSSR count). The Labute approximate surface area is 134 Å². The highest BCUT2D eigenvalue weighted by molar-refractivity contribution is 5.85. The first-order valence-electron chi connectivity index (χ1n) is 7.75. The SMILES string of the molecule is Cl.N[C@H](c1ccc(-c2ccccc2)cc1)C1CCCCC1. The summed E-state index contributed by atoms with van der Waals surface area (Å²) in [4.78, 5) is 0. The van der Waals surface area contributed by atoms with Crippen molar-refractivity contribution in [1.29, 1.82) is 0 Å². The van der Waals surface area contributed by atoms with Crippen LogP contribution in [0.25, 0.3) is 11.1 Å². The van der Waals surface area contributed by atoms with Gasteiger partial charge in [-0.05, 0) is 35.4 Å². The first kappa shape index (κ1) is 16.1. The third-order valence-electron chi connectivity index (χ3n) is 4.56. The van der Waals surface area contributed by atoms with E-state index in [2.05, 4.69) is 54.6 Å². The van der Waals surface area contributed by atoms with E-state index in [1.807, 2.05) is 0 Å². The minimum Gasteiger partial charge on any atom is -0.324 e. The van der Waals surface area contributed by atoms with Crippen molar-refractivity contribution in [3.05, 3.63) is 60.2 Å². The van der Waals surface area contributed by atoms with Crippen molar-refractivity contribution in [3.63, 3.8) is 0 Å². The van der Waals surface area contributed by atoms with Gasteiger partial charge in [0.25, 0.3) is 0 Å². The molecule has 1 saturated carbocycles. The lowest BCUT2D eigenvalue weighted by Gasteiger charge is -2.27. The predicted octanol–water partition coefficient (Wildman–Crippen LogP) is 5.36. The van der Waals surface area contributed by atoms with Crippen LogP contribution in [0.15, 0.2) is 54.6 Å². The van der Waals surface area contributed by atoms with Crippen LogP contribution in [-0.2, 0) is 0 Å². The van der Waals surface area contributed by atoms with Crippen molar-refractivity contribution in [2.75, 3.05) is 0 Å². The maximum atomic E-state index is 6.46. The molecule has 0 heterocycles. The summed E-state index contributed by atoms with van der Waals surface area (Å²) in [6.07, 6.45) is 6.67. The van der Waals surface area contributed by atoms with Gasteiger partial charge >= 0.3 is 0 Å². The Morgan fingerprint density at radius 3 is 1.95 bits per heavy atom. The summed E-state index contributed by atoms with van der Waals surface area (Å²) in [5.74, 6) is 0.673. The van der Waals surface area contributed by atoms with E-state index in [0.29, 0.717) is 5.92 Å². The lowest BCUT2D eigenvalue weighted by molar-refractivity contribution is 0.308. The third-order valence-corrected chi connectivity index (χ3v) is 4.56. The summed E-state index contributed by atoms with van der Waals surface area (Å²) in [6, 6.07) is 19.5. The Kier molecular flexibility index (Phi) is 5.84. The molecule has 21 heavy (non-hydrogen) atoms. The Morgan fingerprint density at radius 2 is 1.33 bits per heavy atom. The minimum absolute atomic E-state index is 0. The Hall–Kier alpha value is -1.31. The summed E-state index contributed by atoms with van der Waals surface area (Å²) >= 11 is 0. The van der Waals surface area contributed by atoms with Crippen molar-refractivity contribution in [3.8, 4) is 11.1 Å². The van der Waals surface area contributed by atoms with Crippen LogP contribution in [0.5, 0.6) is 0 Å². The average Bonchev–Trinajstić information content (AvgIpc) is 2.56. The monoisotopic (exact) mass is 301 g/mol. The van der Waals surface area contributed by atoms with Gasteiger partial charge in [-0.2, -0.15) is 0 Å². The van der Waals surface area contributed by atoms with Crippen LogP contribution in [0.4, 0.5) is 0 Å². The van der Waals surface area contributed by atoms with E-state index in [1.54, 1.807) is 0 Å². The zero-order valence-electron chi connectivity index (χ0n) is 12.4. The van der Waals surface area contributed by atoms with E-state index < -0.39 is 0 Å². The standard InChI is InChI=1S/C19H23N.ClH/c20-19(17-9-5-2-6-10-17)18-13-11-16(12-14-18)15-7-3-1-4-8-15;/h1,3-4,7-8,11-14,17,19H,2,5-6,9-10,20H2;1H/t19-;/m0./s1. The van der Waals surface area contributed by atoms with Gasteiger partial charge in [0.2, 0.25) is 0 Å². The van der Waals surface area contributed by atoms with Gasteiger partial charge in [-0.1, -0.05) is 73.9 Å². The van der Waals surface area contributed by atoms with Crippen molar-refractivity contribution < 1.29 is 0 Å². The molecule has 0 bridgehead atoms. The van der Waals surface area contributed by atoms with Gasteiger partial charge in [-0.15, -0.1) is 12.4 Å². The summed E-state index contributed by atoms with van der Waals surface area (Å²) < 4.78 is 0. The summed E-state index contributed by atoms with van der Waals surface area (Å²) in [6.45, 7) is 0. The Balaban J connectivity index is 0.00000161. The van der Waals surface area contributed by atoms with E-state index in [1.165, 1.54) is 48.8 Å². The highest BCUT2D eigenvalue weighted by Crippen LogP contribution is 2.33. The number of rotatable bonds is 3. The summed E-state index contributed by atoms with van der Waals surface area (Å²) in [7, 11) is 0. The van der Waals surface area contributed by atoms with E-state index in [4.69, 9.17) is 5.73 Å². The fourth-order valence-electron chi connectivity index (χ4n) is 3.29. The van der Waals surface area contributed by atoms with E-state index in [0.717, 1.165) is 0 Å². The van der Waals surface area contributed by atoms with Gasteiger partial charge in [-0.3, -0.25) is 0 Å². The molecule has 2 N–H and O–H groups in total. The largest absolute Gasteiger partial charge is 0.324 e. The molecule has 1 aliphatic rings. The Morgan fingerprint density at radius 1 is 0.762 bits per heavy atom. The molecule has 0 unspecified atom stereocenters. The van der Waals surface area contributed by atoms with Crippen LogP contribution in [0.1, 0.15) is 43.7 Å². The number of halogens is 1. The fourth-order valence-corrected chi connectivity index (χ4v) is 3.29. The molecule has 0 aromatic heterocycles. The second-order valence-corrected chi connectivity index (χ2v) is 5.91. The highest BCUT2D eigenvalue weighted by atomic mass is 35.5. The molecule has 1 atom stereocenters. The molecule has 1 fully saturated rings. The van der Waals surface area contributed by atoms with Crippen LogP contribution < -0.4 is 5.73 Å². The number of benzene rings is 2. The number of nitrogens with two attached hydrogens (primary N) is 1. The van der Waals surface area contributed by atoms with Gasteiger partial charge in [-0.25, -0.2) is 0 Å². The highest BCUT2D eigenvalue weighted by Gasteiger charge is 2.21. The number of hydrogen-bond acceptors (Lipinski definition) is 1. The van der Waals surface area contributed by atoms with E-state index in [9.17, 15) is 0 Å². The predicted molar refractivity (Wildman–Crippen MR) is 92.6 cm³/mol. The number of hydrogen-bond donors (Lipinski definition) is 1. The van der Waals surface area contributed by atoms with Gasteiger partial charge in [0.05, 0.1) is 0 Å². The summed E-state index contributed by atoms with van der Waals surface area (Å²) in [5.41, 5.74) is 10.3. The van der Waals surface area contributed by atoms with Crippen LogP contribution in [0.3, 0.4) is 0 Å². The molecule has 0 amide bonds. The maximum absolute atomic E-state index is 6.46. The van der Waals surface area contributed by atoms with Gasteiger partial charge in [0.1, 0.15) is 0 Å². The smallest absolute Gasteiger partial charge is 0.0323 e. The first-order chi connectivity index (χ1) is 9.84. The zero-order chi connectivity index (χ0) is 13.8. The molecule has 0 saturated heterocycles. The van der Waals surface area contributed by atoms with Crippen LogP contribution >= 0.6 is 12.4 Å². The average molecular weight is 302 g/mol. The second kappa shape index (κ2) is 7.63. The third kappa shape index (κ3) is 3.87. The molecular weight excluding hydrogens is 278 g/mol. The summed E-state index contributed by atoms with van der Waals surface area (Å²) in [5, 5.41) is 0. The molecule has 2 aromatic rings. The van der Waals surface area contributed by atoms with E-state index >= 15 is 0 Å². The van der Waals surface area contributed by atoms with Gasteiger partial charge in [0.15, 0.2) is 0 Å². The van der Waals surface area contributed by atoms with Crippen molar-refractivity contribution in [1.82, 2.24) is 0 Å². The first-order valence-corrected chi connectivity index (χ1v) is 7.75. The van der Waals surface area contributed by atoms with Crippen LogP contribution in [0.2, 0.25) is 0 Å². The Bertz CT molecular complexity index is 529. The molecule has 0 radical (unpaired) electrons. The molecule has 0 spiro atoms. The topological polar surface area (TPSA) is 26.0 Å². The lowest BCUT2D eigenvalue weighted by Crippen LogP contribution is -2.23. The maximum Gasteiger partial charge on any atom is 0.0323 e. The normalized spacial score (nSPS) is 17.0.